The van der Waals surface area contributed by atoms with Crippen LogP contribution in [-0.2, 0) is 4.74 Å². The van der Waals surface area contributed by atoms with Gasteiger partial charge in [-0.3, -0.25) is 0 Å². The van der Waals surface area contributed by atoms with Crippen LogP contribution in [0.5, 0.6) is 0 Å². The SMILES string of the molecule is CCCCCCCCC[CH]CCCC(C)OCC. The van der Waals surface area contributed by atoms with Crippen molar-refractivity contribution in [2.45, 2.75) is 97.5 Å². The van der Waals surface area contributed by atoms with E-state index in [1.54, 1.807) is 0 Å². The summed E-state index contributed by atoms with van der Waals surface area (Å²) in [6.07, 6.45) is 17.9. The zero-order chi connectivity index (χ0) is 13.5. The molecule has 0 bridgehead atoms. The van der Waals surface area contributed by atoms with E-state index in [4.69, 9.17) is 4.74 Å². The maximum atomic E-state index is 5.52. The van der Waals surface area contributed by atoms with Crippen molar-refractivity contribution >= 4 is 0 Å². The molecule has 18 heavy (non-hydrogen) atoms. The smallest absolute Gasteiger partial charge is 0.0546 e. The van der Waals surface area contributed by atoms with E-state index in [9.17, 15) is 0 Å². The largest absolute Gasteiger partial charge is 0.379 e. The molecule has 0 aromatic heterocycles. The van der Waals surface area contributed by atoms with Crippen LogP contribution < -0.4 is 0 Å². The van der Waals surface area contributed by atoms with Gasteiger partial charge in [0.05, 0.1) is 6.10 Å². The fourth-order valence-electron chi connectivity index (χ4n) is 2.31. The van der Waals surface area contributed by atoms with Gasteiger partial charge in [-0.05, 0) is 26.7 Å². The third-order valence-electron chi connectivity index (χ3n) is 3.48. The summed E-state index contributed by atoms with van der Waals surface area (Å²) in [5.41, 5.74) is 0. The Morgan fingerprint density at radius 2 is 1.44 bits per heavy atom. The zero-order valence-electron chi connectivity index (χ0n) is 13.0. The summed E-state index contributed by atoms with van der Waals surface area (Å²) < 4.78 is 5.52. The van der Waals surface area contributed by atoms with Gasteiger partial charge in [0.2, 0.25) is 0 Å². The minimum absolute atomic E-state index is 0.446. The molecule has 0 N–H and O–H groups in total. The number of unbranched alkanes of at least 4 members (excludes halogenated alkanes) is 10. The molecule has 0 aromatic carbocycles. The van der Waals surface area contributed by atoms with Crippen LogP contribution in [0, 0.1) is 6.42 Å². The molecular weight excluding hydrogens is 220 g/mol. The summed E-state index contributed by atoms with van der Waals surface area (Å²) in [5, 5.41) is 0. The predicted octanol–water partition coefficient (Wildman–Crippen LogP) is 5.93. The summed E-state index contributed by atoms with van der Waals surface area (Å²) in [5.74, 6) is 0. The van der Waals surface area contributed by atoms with Gasteiger partial charge in [-0.25, -0.2) is 0 Å². The van der Waals surface area contributed by atoms with Crippen LogP contribution in [0.1, 0.15) is 91.4 Å². The molecule has 0 aliphatic heterocycles. The van der Waals surface area contributed by atoms with E-state index in [1.807, 2.05) is 0 Å². The highest BCUT2D eigenvalue weighted by Crippen LogP contribution is 2.12. The second-order valence-corrected chi connectivity index (χ2v) is 5.40. The molecule has 0 aliphatic rings. The maximum Gasteiger partial charge on any atom is 0.0546 e. The van der Waals surface area contributed by atoms with Gasteiger partial charge in [-0.1, -0.05) is 71.1 Å². The topological polar surface area (TPSA) is 9.23 Å². The van der Waals surface area contributed by atoms with Gasteiger partial charge < -0.3 is 4.74 Å². The number of rotatable bonds is 14. The van der Waals surface area contributed by atoms with Crippen LogP contribution in [0.15, 0.2) is 0 Å². The van der Waals surface area contributed by atoms with Gasteiger partial charge >= 0.3 is 0 Å². The lowest BCUT2D eigenvalue weighted by Gasteiger charge is -2.10. The molecule has 0 rings (SSSR count). The molecule has 0 aliphatic carbocycles. The van der Waals surface area contributed by atoms with Crippen molar-refractivity contribution in [1.82, 2.24) is 0 Å². The molecule has 1 atom stereocenters. The molecule has 0 amide bonds. The molecule has 0 spiro atoms. The highest BCUT2D eigenvalue weighted by Gasteiger charge is 2.00. The predicted molar refractivity (Wildman–Crippen MR) is 81.8 cm³/mol. The maximum absolute atomic E-state index is 5.52. The minimum atomic E-state index is 0.446. The van der Waals surface area contributed by atoms with Crippen LogP contribution in [0.3, 0.4) is 0 Å². The lowest BCUT2D eigenvalue weighted by Crippen LogP contribution is -2.07. The minimum Gasteiger partial charge on any atom is -0.379 e. The average molecular weight is 255 g/mol. The standard InChI is InChI=1S/C17H35O/c1-4-6-7-8-9-10-11-12-13-14-15-16-17(3)18-5-2/h13,17H,4-12,14-16H2,1-3H3. The number of hydrogen-bond donors (Lipinski definition) is 0. The Bertz CT molecular complexity index is 145. The van der Waals surface area contributed by atoms with E-state index in [0.717, 1.165) is 6.61 Å². The van der Waals surface area contributed by atoms with Crippen LogP contribution >= 0.6 is 0 Å². The van der Waals surface area contributed by atoms with Gasteiger partial charge in [0.25, 0.3) is 0 Å². The average Bonchev–Trinajstić information content (AvgIpc) is 2.36. The molecule has 0 saturated heterocycles. The molecule has 0 saturated carbocycles. The van der Waals surface area contributed by atoms with E-state index < -0.39 is 0 Å². The zero-order valence-corrected chi connectivity index (χ0v) is 13.0. The summed E-state index contributed by atoms with van der Waals surface area (Å²) in [6, 6.07) is 0. The summed E-state index contributed by atoms with van der Waals surface area (Å²) in [7, 11) is 0. The fraction of sp³-hybridized carbons (Fsp3) is 0.941. The quantitative estimate of drug-likeness (QED) is 0.350. The molecule has 0 aromatic rings. The summed E-state index contributed by atoms with van der Waals surface area (Å²) >= 11 is 0. The van der Waals surface area contributed by atoms with Crippen molar-refractivity contribution in [3.63, 3.8) is 0 Å². The Morgan fingerprint density at radius 1 is 0.833 bits per heavy atom. The van der Waals surface area contributed by atoms with Gasteiger partial charge in [-0.15, -0.1) is 0 Å². The van der Waals surface area contributed by atoms with Gasteiger partial charge in [0.1, 0.15) is 0 Å². The number of ether oxygens (including phenoxy) is 1. The van der Waals surface area contributed by atoms with Crippen LogP contribution in [0.25, 0.3) is 0 Å². The molecule has 1 nitrogen and oxygen atoms in total. The van der Waals surface area contributed by atoms with E-state index >= 15 is 0 Å². The molecule has 0 fully saturated rings. The second kappa shape index (κ2) is 15.0. The summed E-state index contributed by atoms with van der Waals surface area (Å²) in [4.78, 5) is 0. The first-order valence-electron chi connectivity index (χ1n) is 8.24. The first kappa shape index (κ1) is 18.0. The van der Waals surface area contributed by atoms with Crippen LogP contribution in [0.2, 0.25) is 0 Å². The number of hydrogen-bond acceptors (Lipinski definition) is 1. The van der Waals surface area contributed by atoms with Crippen molar-refractivity contribution in [2.24, 2.45) is 0 Å². The molecule has 1 unspecified atom stereocenters. The molecule has 1 heteroatoms. The Labute approximate surface area is 116 Å². The molecule has 109 valence electrons. The normalized spacial score (nSPS) is 12.8. The Kier molecular flexibility index (Phi) is 15.0. The van der Waals surface area contributed by atoms with E-state index in [2.05, 4.69) is 27.2 Å². The Morgan fingerprint density at radius 3 is 2.11 bits per heavy atom. The van der Waals surface area contributed by atoms with Crippen LogP contribution in [-0.4, -0.2) is 12.7 Å². The highest BCUT2D eigenvalue weighted by atomic mass is 16.5. The molecular formula is C17H35O. The van der Waals surface area contributed by atoms with Crippen molar-refractivity contribution in [1.29, 1.82) is 0 Å². The van der Waals surface area contributed by atoms with Crippen molar-refractivity contribution < 1.29 is 4.74 Å². The Balaban J connectivity index is 2.98. The highest BCUT2D eigenvalue weighted by molar-refractivity contribution is 4.65. The van der Waals surface area contributed by atoms with Crippen LogP contribution in [0.4, 0.5) is 0 Å². The monoisotopic (exact) mass is 255 g/mol. The van der Waals surface area contributed by atoms with Crippen molar-refractivity contribution in [3.8, 4) is 0 Å². The van der Waals surface area contributed by atoms with Gasteiger partial charge in [-0.2, -0.15) is 0 Å². The van der Waals surface area contributed by atoms with Gasteiger partial charge in [0.15, 0.2) is 0 Å². The lowest BCUT2D eigenvalue weighted by atomic mass is 10.0. The van der Waals surface area contributed by atoms with E-state index in [1.165, 1.54) is 70.6 Å². The van der Waals surface area contributed by atoms with Gasteiger partial charge in [0, 0.05) is 6.61 Å². The fourth-order valence-corrected chi connectivity index (χ4v) is 2.31. The van der Waals surface area contributed by atoms with Crippen molar-refractivity contribution in [2.75, 3.05) is 6.61 Å². The second-order valence-electron chi connectivity index (χ2n) is 5.40. The lowest BCUT2D eigenvalue weighted by molar-refractivity contribution is 0.0689. The summed E-state index contributed by atoms with van der Waals surface area (Å²) in [6.45, 7) is 7.38. The molecule has 1 radical (unpaired) electrons. The van der Waals surface area contributed by atoms with E-state index in [0.29, 0.717) is 6.10 Å². The third-order valence-corrected chi connectivity index (χ3v) is 3.48. The van der Waals surface area contributed by atoms with E-state index in [-0.39, 0.29) is 0 Å². The van der Waals surface area contributed by atoms with Crippen molar-refractivity contribution in [3.05, 3.63) is 6.42 Å². The first-order valence-corrected chi connectivity index (χ1v) is 8.24. The molecule has 0 heterocycles. The third kappa shape index (κ3) is 14.0. The first-order chi connectivity index (χ1) is 8.81. The Hall–Kier alpha value is -0.0400.